The fourth-order valence-electron chi connectivity index (χ4n) is 0. The second kappa shape index (κ2) is 32.7. The summed E-state index contributed by atoms with van der Waals surface area (Å²) in [6.07, 6.45) is -4.59. The average molecular weight is 492 g/mol. The van der Waals surface area contributed by atoms with Crippen molar-refractivity contribution in [2.24, 2.45) is 23.7 Å². The molecular formula is C16H44O10Ti2. The van der Waals surface area contributed by atoms with Crippen molar-refractivity contribution in [1.82, 2.24) is 0 Å². The summed E-state index contributed by atoms with van der Waals surface area (Å²) in [5.74, 6) is -0.148. The van der Waals surface area contributed by atoms with E-state index in [-0.39, 0.29) is 78.1 Å². The van der Waals surface area contributed by atoms with E-state index in [1.54, 1.807) is 55.4 Å². The van der Waals surface area contributed by atoms with E-state index in [1.165, 1.54) is 0 Å². The molecule has 0 atom stereocenters. The molecular weight excluding hydrogens is 448 g/mol. The molecule has 12 N–H and O–H groups in total. The first-order valence-electron chi connectivity index (χ1n) is 8.02. The van der Waals surface area contributed by atoms with Gasteiger partial charge in [-0.25, -0.2) is 0 Å². The summed E-state index contributed by atoms with van der Waals surface area (Å²) >= 11 is 0. The van der Waals surface area contributed by atoms with Crippen LogP contribution in [0.4, 0.5) is 0 Å². The van der Waals surface area contributed by atoms with E-state index in [0.29, 0.717) is 0 Å². The molecule has 0 aromatic rings. The fourth-order valence-corrected chi connectivity index (χ4v) is 0. The molecule has 12 heteroatoms. The van der Waals surface area contributed by atoms with Gasteiger partial charge in [-0.15, -0.1) is 0 Å². The predicted molar refractivity (Wildman–Crippen MR) is 99.5 cm³/mol. The first-order valence-corrected chi connectivity index (χ1v) is 8.02. The molecule has 0 radical (unpaired) electrons. The van der Waals surface area contributed by atoms with Gasteiger partial charge in [0.25, 0.3) is 0 Å². The Morgan fingerprint density at radius 3 is 0.357 bits per heavy atom. The smallest absolute Gasteiger partial charge is 0.153 e. The first kappa shape index (κ1) is 51.6. The van der Waals surface area contributed by atoms with E-state index in [1.807, 2.05) is 0 Å². The van der Waals surface area contributed by atoms with Crippen LogP contribution in [-0.2, 0) is 43.4 Å². The minimum absolute atomic E-state index is 0. The van der Waals surface area contributed by atoms with Gasteiger partial charge in [-0.2, -0.15) is 0 Å². The summed E-state index contributed by atoms with van der Waals surface area (Å²) in [5, 5.41) is 65.5. The van der Waals surface area contributed by atoms with Crippen LogP contribution in [0.2, 0.25) is 0 Å². The summed E-state index contributed by atoms with van der Waals surface area (Å²) in [6, 6.07) is 0. The van der Waals surface area contributed by atoms with Crippen LogP contribution in [0.15, 0.2) is 0 Å². The third-order valence-electron chi connectivity index (χ3n) is 2.39. The summed E-state index contributed by atoms with van der Waals surface area (Å²) in [6.45, 7) is 13.9. The Hall–Kier alpha value is 1.03. The van der Waals surface area contributed by atoms with Crippen LogP contribution in [-0.4, -0.2) is 77.0 Å². The van der Waals surface area contributed by atoms with Gasteiger partial charge >= 0.3 is 0 Å². The first-order chi connectivity index (χ1) is 10.6. The summed E-state index contributed by atoms with van der Waals surface area (Å²) in [4.78, 5) is 0. The topological polar surface area (TPSA) is 225 Å². The molecule has 0 aromatic carbocycles. The van der Waals surface area contributed by atoms with Crippen LogP contribution in [0.1, 0.15) is 55.4 Å². The molecule has 0 aliphatic rings. The number of rotatable bonds is 4. The second-order valence-corrected chi connectivity index (χ2v) is 6.63. The van der Waals surface area contributed by atoms with Gasteiger partial charge in [0.15, 0.2) is 25.2 Å². The van der Waals surface area contributed by atoms with Crippen LogP contribution in [0.3, 0.4) is 0 Å². The summed E-state index contributed by atoms with van der Waals surface area (Å²) < 4.78 is 0. The summed E-state index contributed by atoms with van der Waals surface area (Å²) in [5.41, 5.74) is 0. The van der Waals surface area contributed by atoms with Crippen molar-refractivity contribution < 1.29 is 95.2 Å². The maximum atomic E-state index is 8.19. The molecule has 0 saturated heterocycles. The van der Waals surface area contributed by atoms with Gasteiger partial charge in [-0.1, -0.05) is 55.4 Å². The fraction of sp³-hybridized carbons (Fsp3) is 1.00. The van der Waals surface area contributed by atoms with Crippen molar-refractivity contribution >= 4 is 0 Å². The number of aliphatic hydroxyl groups excluding tert-OH is 4. The molecule has 176 valence electrons. The SMILES string of the molecule is CC(C)C(O)O.CC(C)C(O)O.CC(C)C(O)O.CC(C)C(O)O.O.O.[Ti].[Ti]. The molecule has 28 heavy (non-hydrogen) atoms. The minimum atomic E-state index is -1.15. The zero-order chi connectivity index (χ0) is 20.6. The molecule has 0 aliphatic carbocycles. The van der Waals surface area contributed by atoms with Gasteiger partial charge in [0.2, 0.25) is 0 Å². The Balaban J connectivity index is -0.0000000303. The quantitative estimate of drug-likeness (QED) is 0.164. The standard InChI is InChI=1S/4C4H10O2.2H2O.2Ti/c4*1-3(2)4(5)6;;;;/h4*3-6H,1-2H3;2*1H2;;. The third-order valence-corrected chi connectivity index (χ3v) is 2.39. The van der Waals surface area contributed by atoms with Gasteiger partial charge < -0.3 is 51.8 Å². The molecule has 0 bridgehead atoms. The maximum Gasteiger partial charge on any atom is 0.153 e. The minimum Gasteiger partial charge on any atom is -0.412 e. The molecule has 0 saturated carbocycles. The van der Waals surface area contributed by atoms with E-state index in [0.717, 1.165) is 0 Å². The molecule has 0 spiro atoms. The molecule has 0 unspecified atom stereocenters. The van der Waals surface area contributed by atoms with Crippen molar-refractivity contribution in [3.8, 4) is 0 Å². The maximum absolute atomic E-state index is 8.19. The third kappa shape index (κ3) is 63.1. The molecule has 0 fully saturated rings. The molecule has 0 heterocycles. The normalized spacial score (nSPS) is 9.43. The Labute approximate surface area is 199 Å². The van der Waals surface area contributed by atoms with Crippen LogP contribution in [0, 0.1) is 23.7 Å². The van der Waals surface area contributed by atoms with Crippen molar-refractivity contribution in [1.29, 1.82) is 0 Å². The van der Waals surface area contributed by atoms with Gasteiger partial charge in [-0.3, -0.25) is 0 Å². The van der Waals surface area contributed by atoms with Crippen molar-refractivity contribution in [2.75, 3.05) is 0 Å². The summed E-state index contributed by atoms with van der Waals surface area (Å²) in [7, 11) is 0. The zero-order valence-corrected chi connectivity index (χ0v) is 21.3. The van der Waals surface area contributed by atoms with Gasteiger partial charge in [0, 0.05) is 67.1 Å². The molecule has 10 nitrogen and oxygen atoms in total. The van der Waals surface area contributed by atoms with Crippen molar-refractivity contribution in [3.05, 3.63) is 0 Å². The Morgan fingerprint density at radius 1 is 0.321 bits per heavy atom. The Morgan fingerprint density at radius 2 is 0.357 bits per heavy atom. The van der Waals surface area contributed by atoms with E-state index in [4.69, 9.17) is 40.9 Å². The van der Waals surface area contributed by atoms with Gasteiger partial charge in [0.05, 0.1) is 0 Å². The Kier molecular flexibility index (Phi) is 60.2. The van der Waals surface area contributed by atoms with E-state index in [2.05, 4.69) is 0 Å². The molecule has 0 aromatic heterocycles. The van der Waals surface area contributed by atoms with Crippen molar-refractivity contribution in [3.63, 3.8) is 0 Å². The number of hydrogen-bond acceptors (Lipinski definition) is 8. The van der Waals surface area contributed by atoms with Crippen LogP contribution in [0.5, 0.6) is 0 Å². The second-order valence-electron chi connectivity index (χ2n) is 6.63. The Bertz CT molecular complexity index is 167. The van der Waals surface area contributed by atoms with Crippen molar-refractivity contribution in [2.45, 2.75) is 80.6 Å². The van der Waals surface area contributed by atoms with Crippen LogP contribution < -0.4 is 0 Å². The monoisotopic (exact) mass is 492 g/mol. The van der Waals surface area contributed by atoms with Crippen LogP contribution >= 0.6 is 0 Å². The van der Waals surface area contributed by atoms with Gasteiger partial charge in [0.1, 0.15) is 0 Å². The molecule has 0 amide bonds. The average Bonchev–Trinajstić information content (AvgIpc) is 2.40. The zero-order valence-electron chi connectivity index (χ0n) is 18.2. The van der Waals surface area contributed by atoms with Crippen LogP contribution in [0.25, 0.3) is 0 Å². The van der Waals surface area contributed by atoms with E-state index < -0.39 is 25.2 Å². The van der Waals surface area contributed by atoms with E-state index in [9.17, 15) is 0 Å². The predicted octanol–water partition coefficient (Wildman–Crippen LogP) is -1.84. The molecule has 0 rings (SSSR count). The number of hydrogen-bond donors (Lipinski definition) is 8. The van der Waals surface area contributed by atoms with Gasteiger partial charge in [-0.05, 0) is 0 Å². The number of aliphatic hydroxyl groups is 8. The van der Waals surface area contributed by atoms with E-state index >= 15 is 0 Å². The largest absolute Gasteiger partial charge is 0.412 e. The molecule has 0 aliphatic heterocycles.